The number of fused-ring (bicyclic) bond motifs is 1. The number of carbonyl (C=O) groups excluding carboxylic acids is 1. The lowest BCUT2D eigenvalue weighted by atomic mass is 9.99. The quantitative estimate of drug-likeness (QED) is 0.680. The Bertz CT molecular complexity index is 1060. The Kier molecular flexibility index (Phi) is 5.92. The zero-order valence-electron chi connectivity index (χ0n) is 17.1. The fourth-order valence-electron chi connectivity index (χ4n) is 3.79. The van der Waals surface area contributed by atoms with Crippen LogP contribution in [-0.4, -0.2) is 67.0 Å². The first kappa shape index (κ1) is 20.3. The minimum Gasteiger partial charge on any atom is -0.383 e. The van der Waals surface area contributed by atoms with Crippen LogP contribution >= 0.6 is 0 Å². The van der Waals surface area contributed by atoms with Gasteiger partial charge in [0.05, 0.1) is 5.56 Å². The molecule has 1 aliphatic rings. The number of halogens is 1. The Morgan fingerprint density at radius 1 is 1.10 bits per heavy atom. The number of nitrogens with one attached hydrogen (secondary N) is 1. The molecule has 0 unspecified atom stereocenters. The molecule has 1 fully saturated rings. The number of nitrogens with zero attached hydrogens (tertiary/aromatic N) is 3. The number of rotatable bonds is 5. The van der Waals surface area contributed by atoms with E-state index >= 15 is 0 Å². The molecule has 0 spiro atoms. The predicted molar refractivity (Wildman–Crippen MR) is 118 cm³/mol. The van der Waals surface area contributed by atoms with Crippen molar-refractivity contribution in [1.29, 1.82) is 0 Å². The fourth-order valence-corrected chi connectivity index (χ4v) is 3.79. The maximum atomic E-state index is 13.6. The van der Waals surface area contributed by atoms with Gasteiger partial charge in [0.2, 0.25) is 0 Å². The van der Waals surface area contributed by atoms with Crippen LogP contribution in [0.4, 0.5) is 10.2 Å². The molecule has 0 atom stereocenters. The second-order valence-corrected chi connectivity index (χ2v) is 7.73. The number of amides is 1. The first-order valence-electron chi connectivity index (χ1n) is 10.1. The summed E-state index contributed by atoms with van der Waals surface area (Å²) < 4.78 is 13.6. The minimum atomic E-state index is -0.299. The van der Waals surface area contributed by atoms with Gasteiger partial charge in [0.1, 0.15) is 11.6 Å². The summed E-state index contributed by atoms with van der Waals surface area (Å²) in [7, 11) is 2.12. The summed E-state index contributed by atoms with van der Waals surface area (Å²) in [5, 5.41) is 4.42. The van der Waals surface area contributed by atoms with Crippen LogP contribution in [0.3, 0.4) is 0 Å². The summed E-state index contributed by atoms with van der Waals surface area (Å²) in [6.45, 7) is 5.53. The molecule has 0 radical (unpaired) electrons. The maximum Gasteiger partial charge on any atom is 0.253 e. The normalized spacial score (nSPS) is 15.4. The van der Waals surface area contributed by atoms with Crippen molar-refractivity contribution in [2.75, 3.05) is 52.0 Å². The van der Waals surface area contributed by atoms with E-state index < -0.39 is 0 Å². The molecular weight excluding hydrogens is 381 g/mol. The van der Waals surface area contributed by atoms with Gasteiger partial charge in [-0.15, -0.1) is 0 Å². The van der Waals surface area contributed by atoms with Crippen molar-refractivity contribution in [3.8, 4) is 11.1 Å². The molecule has 1 saturated heterocycles. The van der Waals surface area contributed by atoms with Crippen molar-refractivity contribution in [2.24, 2.45) is 0 Å². The number of likely N-dealkylation sites (N-methyl/N-ethyl adjacent to an activating group) is 1. The van der Waals surface area contributed by atoms with Gasteiger partial charge in [0.25, 0.3) is 5.91 Å². The van der Waals surface area contributed by atoms with Gasteiger partial charge in [0, 0.05) is 50.9 Å². The molecule has 0 bridgehead atoms. The zero-order chi connectivity index (χ0) is 21.1. The summed E-state index contributed by atoms with van der Waals surface area (Å²) in [6, 6.07) is 12.0. The van der Waals surface area contributed by atoms with E-state index in [-0.39, 0.29) is 11.7 Å². The smallest absolute Gasteiger partial charge is 0.253 e. The third-order valence-corrected chi connectivity index (χ3v) is 5.63. The third kappa shape index (κ3) is 4.42. The first-order valence-corrected chi connectivity index (χ1v) is 10.1. The number of nitrogens with two attached hydrogens (primary N) is 1. The van der Waals surface area contributed by atoms with Crippen molar-refractivity contribution in [3.05, 3.63) is 60.0 Å². The monoisotopic (exact) mass is 407 g/mol. The summed E-state index contributed by atoms with van der Waals surface area (Å²) in [5.74, 6) is -0.121. The van der Waals surface area contributed by atoms with Gasteiger partial charge in [-0.25, -0.2) is 9.37 Å². The second kappa shape index (κ2) is 8.77. The highest BCUT2D eigenvalue weighted by Gasteiger charge is 2.16. The number of aromatic nitrogens is 1. The Hall–Kier alpha value is -3.03. The van der Waals surface area contributed by atoms with Crippen LogP contribution in [0.2, 0.25) is 0 Å². The standard InChI is InChI=1S/C23H26FN5O/c1-28-9-11-29(12-10-28)8-7-26-23(30)21-15-27-22(25)20-14-17(5-6-19(20)21)16-3-2-4-18(24)13-16/h2-6,13-15H,7-12H2,1H3,(H2,25,27)(H,26,30). The van der Waals surface area contributed by atoms with Crippen LogP contribution < -0.4 is 11.1 Å². The summed E-state index contributed by atoms with van der Waals surface area (Å²) in [4.78, 5) is 21.7. The van der Waals surface area contributed by atoms with Gasteiger partial charge < -0.3 is 16.0 Å². The topological polar surface area (TPSA) is 74.5 Å². The molecule has 4 rings (SSSR count). The van der Waals surface area contributed by atoms with E-state index in [2.05, 4.69) is 27.1 Å². The van der Waals surface area contributed by atoms with E-state index in [1.807, 2.05) is 24.3 Å². The van der Waals surface area contributed by atoms with E-state index in [9.17, 15) is 9.18 Å². The first-order chi connectivity index (χ1) is 14.5. The molecule has 0 saturated carbocycles. The Morgan fingerprint density at radius 2 is 1.87 bits per heavy atom. The van der Waals surface area contributed by atoms with Crippen LogP contribution in [0.5, 0.6) is 0 Å². The van der Waals surface area contributed by atoms with Crippen molar-refractivity contribution >= 4 is 22.5 Å². The van der Waals surface area contributed by atoms with Crippen molar-refractivity contribution in [2.45, 2.75) is 0 Å². The van der Waals surface area contributed by atoms with Gasteiger partial charge in [-0.2, -0.15) is 0 Å². The molecular formula is C23H26FN5O. The molecule has 2 heterocycles. The number of benzene rings is 2. The maximum absolute atomic E-state index is 13.6. The van der Waals surface area contributed by atoms with Crippen LogP contribution in [-0.2, 0) is 0 Å². The fraction of sp³-hybridized carbons (Fsp3) is 0.304. The molecule has 1 aliphatic heterocycles. The van der Waals surface area contributed by atoms with Crippen LogP contribution in [0, 0.1) is 5.82 Å². The number of pyridine rings is 1. The summed E-state index contributed by atoms with van der Waals surface area (Å²) >= 11 is 0. The molecule has 3 N–H and O–H groups in total. The number of hydrogen-bond donors (Lipinski definition) is 2. The second-order valence-electron chi connectivity index (χ2n) is 7.73. The van der Waals surface area contributed by atoms with E-state index in [0.717, 1.165) is 49.2 Å². The molecule has 1 aromatic heterocycles. The van der Waals surface area contributed by atoms with Crippen LogP contribution in [0.15, 0.2) is 48.7 Å². The average molecular weight is 407 g/mol. The molecule has 7 heteroatoms. The van der Waals surface area contributed by atoms with E-state index in [1.54, 1.807) is 6.07 Å². The van der Waals surface area contributed by atoms with Gasteiger partial charge in [-0.3, -0.25) is 9.69 Å². The summed E-state index contributed by atoms with van der Waals surface area (Å²) in [6.07, 6.45) is 1.52. The number of hydrogen-bond acceptors (Lipinski definition) is 5. The predicted octanol–water partition coefficient (Wildman–Crippen LogP) is 2.60. The van der Waals surface area contributed by atoms with E-state index in [4.69, 9.17) is 5.73 Å². The highest BCUT2D eigenvalue weighted by Crippen LogP contribution is 2.29. The van der Waals surface area contributed by atoms with Gasteiger partial charge in [0.15, 0.2) is 0 Å². The lowest BCUT2D eigenvalue weighted by Gasteiger charge is -2.32. The van der Waals surface area contributed by atoms with Crippen molar-refractivity contribution in [1.82, 2.24) is 20.1 Å². The Labute approximate surface area is 175 Å². The zero-order valence-corrected chi connectivity index (χ0v) is 17.1. The molecule has 3 aromatic rings. The lowest BCUT2D eigenvalue weighted by molar-refractivity contribution is 0.0942. The SMILES string of the molecule is CN1CCN(CCNC(=O)c2cnc(N)c3cc(-c4cccc(F)c4)ccc23)CC1. The van der Waals surface area contributed by atoms with Crippen LogP contribution in [0.25, 0.3) is 21.9 Å². The van der Waals surface area contributed by atoms with Crippen LogP contribution in [0.1, 0.15) is 10.4 Å². The van der Waals surface area contributed by atoms with Gasteiger partial charge in [-0.05, 0) is 41.8 Å². The van der Waals surface area contributed by atoms with Gasteiger partial charge >= 0.3 is 0 Å². The molecule has 6 nitrogen and oxygen atoms in total. The van der Waals surface area contributed by atoms with Gasteiger partial charge in [-0.1, -0.05) is 24.3 Å². The Balaban J connectivity index is 1.51. The van der Waals surface area contributed by atoms with E-state index in [1.165, 1.54) is 18.3 Å². The molecule has 1 amide bonds. The molecule has 156 valence electrons. The number of carbonyl (C=O) groups is 1. The third-order valence-electron chi connectivity index (χ3n) is 5.63. The van der Waals surface area contributed by atoms with Crippen molar-refractivity contribution in [3.63, 3.8) is 0 Å². The number of piperazine rings is 1. The molecule has 0 aliphatic carbocycles. The minimum absolute atomic E-state index is 0.167. The number of anilines is 1. The Morgan fingerprint density at radius 3 is 2.63 bits per heavy atom. The average Bonchev–Trinajstić information content (AvgIpc) is 2.75. The van der Waals surface area contributed by atoms with E-state index in [0.29, 0.717) is 23.3 Å². The molecule has 2 aromatic carbocycles. The summed E-state index contributed by atoms with van der Waals surface area (Å²) in [5.41, 5.74) is 8.14. The largest absolute Gasteiger partial charge is 0.383 e. The molecule has 30 heavy (non-hydrogen) atoms. The number of nitrogen functional groups attached to an aromatic ring is 1. The van der Waals surface area contributed by atoms with Crippen molar-refractivity contribution < 1.29 is 9.18 Å². The highest BCUT2D eigenvalue weighted by molar-refractivity contribution is 6.09. The highest BCUT2D eigenvalue weighted by atomic mass is 19.1. The lowest BCUT2D eigenvalue weighted by Crippen LogP contribution is -2.46.